The van der Waals surface area contributed by atoms with E-state index in [4.69, 9.17) is 5.73 Å². The van der Waals surface area contributed by atoms with Gasteiger partial charge in [-0.3, -0.25) is 4.79 Å². The molecule has 0 aliphatic carbocycles. The van der Waals surface area contributed by atoms with Gasteiger partial charge in [0.15, 0.2) is 0 Å². The van der Waals surface area contributed by atoms with Crippen molar-refractivity contribution in [3.8, 4) is 0 Å². The highest BCUT2D eigenvalue weighted by Crippen LogP contribution is 2.26. The number of hydrogen-bond acceptors (Lipinski definition) is 3. The van der Waals surface area contributed by atoms with E-state index in [1.165, 1.54) is 12.8 Å². The molecule has 104 valence electrons. The van der Waals surface area contributed by atoms with Crippen molar-refractivity contribution in [2.24, 2.45) is 0 Å². The van der Waals surface area contributed by atoms with Crippen LogP contribution < -0.4 is 5.73 Å². The van der Waals surface area contributed by atoms with E-state index in [9.17, 15) is 4.79 Å². The topological polar surface area (TPSA) is 46.3 Å². The van der Waals surface area contributed by atoms with Crippen molar-refractivity contribution in [1.82, 2.24) is 4.90 Å². The molecule has 0 spiro atoms. The number of carbonyl (C=O) groups is 1. The summed E-state index contributed by atoms with van der Waals surface area (Å²) in [4.78, 5) is 15.5. The van der Waals surface area contributed by atoms with E-state index in [2.05, 4.69) is 0 Å². The summed E-state index contributed by atoms with van der Waals surface area (Å²) in [6.07, 6.45) is 4.78. The third-order valence-electron chi connectivity index (χ3n) is 3.44. The molecule has 1 aliphatic heterocycles. The summed E-state index contributed by atoms with van der Waals surface area (Å²) < 4.78 is 0. The van der Waals surface area contributed by atoms with Crippen molar-refractivity contribution in [3.63, 3.8) is 0 Å². The normalized spacial score (nSPS) is 17.8. The summed E-state index contributed by atoms with van der Waals surface area (Å²) in [7, 11) is 0. The molecule has 4 heteroatoms. The standard InChI is InChI=1S/C15H22N2OS/c1-12(19-14-8-6-7-13(16)11-14)15(18)17-9-4-2-3-5-10-17/h6-8,11-12H,2-5,9-10,16H2,1H3. The molecule has 1 atom stereocenters. The second-order valence-corrected chi connectivity index (χ2v) is 6.49. The maximum absolute atomic E-state index is 12.4. The molecule has 1 aromatic rings. The molecule has 3 nitrogen and oxygen atoms in total. The lowest BCUT2D eigenvalue weighted by Gasteiger charge is -2.23. The zero-order chi connectivity index (χ0) is 13.7. The molecule has 1 heterocycles. The van der Waals surface area contributed by atoms with Gasteiger partial charge in [0.25, 0.3) is 0 Å². The second kappa shape index (κ2) is 6.85. The fraction of sp³-hybridized carbons (Fsp3) is 0.533. The molecule has 2 N–H and O–H groups in total. The smallest absolute Gasteiger partial charge is 0.235 e. The van der Waals surface area contributed by atoms with Gasteiger partial charge in [0.1, 0.15) is 0 Å². The van der Waals surface area contributed by atoms with Crippen molar-refractivity contribution in [2.45, 2.75) is 42.8 Å². The predicted octanol–water partition coefficient (Wildman–Crippen LogP) is 3.15. The average Bonchev–Trinajstić information content (AvgIpc) is 2.66. The van der Waals surface area contributed by atoms with Gasteiger partial charge in [-0.15, -0.1) is 11.8 Å². The number of nitrogen functional groups attached to an aromatic ring is 1. The van der Waals surface area contributed by atoms with Gasteiger partial charge in [-0.2, -0.15) is 0 Å². The van der Waals surface area contributed by atoms with Crippen molar-refractivity contribution in [3.05, 3.63) is 24.3 Å². The molecule has 1 fully saturated rings. The number of anilines is 1. The fourth-order valence-corrected chi connectivity index (χ4v) is 3.41. The fourth-order valence-electron chi connectivity index (χ4n) is 2.39. The first-order valence-electron chi connectivity index (χ1n) is 6.98. The molecule has 1 unspecified atom stereocenters. The maximum Gasteiger partial charge on any atom is 0.235 e. The van der Waals surface area contributed by atoms with E-state index in [1.807, 2.05) is 36.1 Å². The van der Waals surface area contributed by atoms with Gasteiger partial charge in [-0.05, 0) is 38.0 Å². The van der Waals surface area contributed by atoms with Crippen molar-refractivity contribution in [1.29, 1.82) is 0 Å². The van der Waals surface area contributed by atoms with Crippen LogP contribution in [-0.2, 0) is 4.79 Å². The first-order chi connectivity index (χ1) is 9.16. The van der Waals surface area contributed by atoms with Gasteiger partial charge < -0.3 is 10.6 Å². The molecular formula is C15H22N2OS. The number of nitrogens with zero attached hydrogens (tertiary/aromatic N) is 1. The number of carbonyl (C=O) groups excluding carboxylic acids is 1. The van der Waals surface area contributed by atoms with Gasteiger partial charge >= 0.3 is 0 Å². The highest BCUT2D eigenvalue weighted by molar-refractivity contribution is 8.00. The molecule has 0 bridgehead atoms. The Morgan fingerprint density at radius 1 is 1.26 bits per heavy atom. The van der Waals surface area contributed by atoms with Crippen LogP contribution >= 0.6 is 11.8 Å². The average molecular weight is 278 g/mol. The number of likely N-dealkylation sites (tertiary alicyclic amines) is 1. The summed E-state index contributed by atoms with van der Waals surface area (Å²) in [6, 6.07) is 7.73. The van der Waals surface area contributed by atoms with Crippen molar-refractivity contribution < 1.29 is 4.79 Å². The Morgan fingerprint density at radius 3 is 2.58 bits per heavy atom. The summed E-state index contributed by atoms with van der Waals surface area (Å²) in [6.45, 7) is 3.82. The van der Waals surface area contributed by atoms with Crippen LogP contribution in [0.25, 0.3) is 0 Å². The third-order valence-corrected chi connectivity index (χ3v) is 4.52. The number of thioether (sulfide) groups is 1. The Bertz CT molecular complexity index is 428. The van der Waals surface area contributed by atoms with Crippen molar-refractivity contribution >= 4 is 23.4 Å². The molecule has 19 heavy (non-hydrogen) atoms. The largest absolute Gasteiger partial charge is 0.399 e. The van der Waals surface area contributed by atoms with E-state index >= 15 is 0 Å². The van der Waals surface area contributed by atoms with Gasteiger partial charge in [0.05, 0.1) is 5.25 Å². The van der Waals surface area contributed by atoms with Gasteiger partial charge in [0.2, 0.25) is 5.91 Å². The highest BCUT2D eigenvalue weighted by atomic mass is 32.2. The first kappa shape index (κ1) is 14.3. The number of hydrogen-bond donors (Lipinski definition) is 1. The Morgan fingerprint density at radius 2 is 1.95 bits per heavy atom. The SMILES string of the molecule is CC(Sc1cccc(N)c1)C(=O)N1CCCCCC1. The van der Waals surface area contributed by atoms with E-state index in [0.29, 0.717) is 0 Å². The van der Waals surface area contributed by atoms with Crippen LogP contribution in [0.5, 0.6) is 0 Å². The summed E-state index contributed by atoms with van der Waals surface area (Å²) in [5.74, 6) is 0.259. The van der Waals surface area contributed by atoms with Gasteiger partial charge in [-0.25, -0.2) is 0 Å². The summed E-state index contributed by atoms with van der Waals surface area (Å²) in [5, 5.41) is -0.0418. The summed E-state index contributed by atoms with van der Waals surface area (Å²) in [5.41, 5.74) is 6.51. The first-order valence-corrected chi connectivity index (χ1v) is 7.86. The lowest BCUT2D eigenvalue weighted by Crippen LogP contribution is -2.37. The quantitative estimate of drug-likeness (QED) is 0.682. The molecule has 0 aromatic heterocycles. The minimum Gasteiger partial charge on any atom is -0.399 e. The minimum atomic E-state index is -0.0418. The Hall–Kier alpha value is -1.16. The molecular weight excluding hydrogens is 256 g/mol. The lowest BCUT2D eigenvalue weighted by molar-refractivity contribution is -0.130. The monoisotopic (exact) mass is 278 g/mol. The molecule has 1 aromatic carbocycles. The Kier molecular flexibility index (Phi) is 5.14. The molecule has 1 amide bonds. The van der Waals surface area contributed by atoms with Crippen molar-refractivity contribution in [2.75, 3.05) is 18.8 Å². The number of benzene rings is 1. The highest BCUT2D eigenvalue weighted by Gasteiger charge is 2.22. The van der Waals surface area contributed by atoms with Crippen LogP contribution in [-0.4, -0.2) is 29.1 Å². The molecule has 0 radical (unpaired) electrons. The molecule has 2 rings (SSSR count). The minimum absolute atomic E-state index is 0.0418. The van der Waals surface area contributed by atoms with Gasteiger partial charge in [0, 0.05) is 23.7 Å². The van der Waals surface area contributed by atoms with Gasteiger partial charge in [-0.1, -0.05) is 18.9 Å². The number of rotatable bonds is 3. The molecule has 1 saturated heterocycles. The van der Waals surface area contributed by atoms with E-state index in [-0.39, 0.29) is 11.2 Å². The Balaban J connectivity index is 1.94. The van der Waals surface area contributed by atoms with Crippen LogP contribution in [0, 0.1) is 0 Å². The lowest BCUT2D eigenvalue weighted by atomic mass is 10.2. The third kappa shape index (κ3) is 4.16. The van der Waals surface area contributed by atoms with Crippen LogP contribution in [0.4, 0.5) is 5.69 Å². The summed E-state index contributed by atoms with van der Waals surface area (Å²) >= 11 is 1.60. The van der Waals surface area contributed by atoms with Crippen LogP contribution in [0.1, 0.15) is 32.6 Å². The number of amides is 1. The second-order valence-electron chi connectivity index (χ2n) is 5.07. The number of nitrogens with two attached hydrogens (primary N) is 1. The molecule has 1 aliphatic rings. The van der Waals surface area contributed by atoms with E-state index < -0.39 is 0 Å². The van der Waals surface area contributed by atoms with Crippen LogP contribution in [0.3, 0.4) is 0 Å². The van der Waals surface area contributed by atoms with Crippen LogP contribution in [0.2, 0.25) is 0 Å². The predicted molar refractivity (Wildman–Crippen MR) is 81.2 cm³/mol. The zero-order valence-corrected chi connectivity index (χ0v) is 12.3. The Labute approximate surface area is 119 Å². The van der Waals surface area contributed by atoms with E-state index in [1.54, 1.807) is 11.8 Å². The maximum atomic E-state index is 12.4. The zero-order valence-electron chi connectivity index (χ0n) is 11.5. The molecule has 0 saturated carbocycles. The van der Waals surface area contributed by atoms with E-state index in [0.717, 1.165) is 36.5 Å². The van der Waals surface area contributed by atoms with Crippen LogP contribution in [0.15, 0.2) is 29.2 Å².